The first-order valence-electron chi connectivity index (χ1n) is 5.84. The topological polar surface area (TPSA) is 119 Å². The molecule has 0 aliphatic heterocycles. The minimum absolute atomic E-state index is 0.0159. The number of carboxylic acids is 1. The predicted molar refractivity (Wildman–Crippen MR) is 61.5 cm³/mol. The van der Waals surface area contributed by atoms with Crippen molar-refractivity contribution in [3.63, 3.8) is 0 Å². The van der Waals surface area contributed by atoms with Gasteiger partial charge in [0, 0.05) is 0 Å². The number of carboxylic acid groups (broad SMARTS) is 1. The minimum atomic E-state index is -1.13. The number of aliphatic carboxylic acids is 1. The van der Waals surface area contributed by atoms with Gasteiger partial charge in [0.1, 0.15) is 6.61 Å². The molecule has 1 fully saturated rings. The molecular weight excluding hydrogens is 240 g/mol. The number of nitrogens with one attached hydrogen (secondary N) is 1. The third kappa shape index (κ3) is 5.13. The van der Waals surface area contributed by atoms with Gasteiger partial charge in [0.05, 0.1) is 24.4 Å². The van der Waals surface area contributed by atoms with Crippen LogP contribution in [0.2, 0.25) is 0 Å². The van der Waals surface area contributed by atoms with Gasteiger partial charge in [-0.15, -0.1) is 0 Å². The average molecular weight is 258 g/mol. The van der Waals surface area contributed by atoms with Crippen molar-refractivity contribution in [2.75, 3.05) is 6.61 Å². The van der Waals surface area contributed by atoms with E-state index in [-0.39, 0.29) is 24.5 Å². The summed E-state index contributed by atoms with van der Waals surface area (Å²) in [6.07, 6.45) is 1.30. The zero-order valence-electron chi connectivity index (χ0n) is 10.2. The van der Waals surface area contributed by atoms with E-state index < -0.39 is 24.3 Å². The van der Waals surface area contributed by atoms with E-state index in [1.165, 1.54) is 0 Å². The van der Waals surface area contributed by atoms with Gasteiger partial charge in [-0.3, -0.25) is 14.4 Å². The van der Waals surface area contributed by atoms with E-state index in [1.54, 1.807) is 6.92 Å². The van der Waals surface area contributed by atoms with E-state index in [0.717, 1.165) is 12.8 Å². The predicted octanol–water partition coefficient (Wildman–Crippen LogP) is -0.754. The average Bonchev–Trinajstić information content (AvgIpc) is 3.08. The Morgan fingerprint density at radius 3 is 2.56 bits per heavy atom. The van der Waals surface area contributed by atoms with Crippen molar-refractivity contribution in [3.8, 4) is 0 Å². The quantitative estimate of drug-likeness (QED) is 0.517. The standard InChI is InChI=1S/C11H18N2O5/c1-6(5-18-11(17)7-2-3-7)13-10(16)8(12)4-9(14)15/h6-8H,2-5,12H2,1H3,(H,13,16)(H,14,15)/t6-,8+/m0/s1. The second kappa shape index (κ2) is 6.34. The number of carbonyl (C=O) groups excluding carboxylic acids is 2. The van der Waals surface area contributed by atoms with E-state index >= 15 is 0 Å². The zero-order valence-corrected chi connectivity index (χ0v) is 10.2. The van der Waals surface area contributed by atoms with E-state index in [4.69, 9.17) is 15.6 Å². The van der Waals surface area contributed by atoms with Crippen LogP contribution in [0.1, 0.15) is 26.2 Å². The van der Waals surface area contributed by atoms with Crippen molar-refractivity contribution in [2.24, 2.45) is 11.7 Å². The number of ether oxygens (including phenoxy) is 1. The van der Waals surface area contributed by atoms with Crippen LogP contribution in [-0.4, -0.2) is 41.6 Å². The Balaban J connectivity index is 2.21. The third-order valence-electron chi connectivity index (χ3n) is 2.51. The summed E-state index contributed by atoms with van der Waals surface area (Å²) in [4.78, 5) is 33.0. The number of amides is 1. The molecule has 0 aromatic rings. The number of carbonyl (C=O) groups is 3. The van der Waals surface area contributed by atoms with Gasteiger partial charge in [-0.2, -0.15) is 0 Å². The Hall–Kier alpha value is -1.63. The maximum atomic E-state index is 11.4. The molecule has 102 valence electrons. The lowest BCUT2D eigenvalue weighted by Crippen LogP contribution is -2.46. The van der Waals surface area contributed by atoms with E-state index in [0.29, 0.717) is 0 Å². The largest absolute Gasteiger partial charge is 0.481 e. The molecule has 7 nitrogen and oxygen atoms in total. The fraction of sp³-hybridized carbons (Fsp3) is 0.727. The van der Waals surface area contributed by atoms with Crippen LogP contribution in [0.15, 0.2) is 0 Å². The Bertz CT molecular complexity index is 340. The first-order chi connectivity index (χ1) is 8.40. The Kier molecular flexibility index (Phi) is 5.08. The van der Waals surface area contributed by atoms with Gasteiger partial charge in [0.25, 0.3) is 0 Å². The Labute approximate surface area is 105 Å². The highest BCUT2D eigenvalue weighted by atomic mass is 16.5. The highest BCUT2D eigenvalue weighted by Crippen LogP contribution is 2.29. The van der Waals surface area contributed by atoms with Crippen LogP contribution in [0.5, 0.6) is 0 Å². The van der Waals surface area contributed by atoms with Gasteiger partial charge in [0.15, 0.2) is 0 Å². The molecule has 0 aromatic heterocycles. The number of rotatable bonds is 7. The summed E-state index contributed by atoms with van der Waals surface area (Å²) in [5, 5.41) is 11.0. The summed E-state index contributed by atoms with van der Waals surface area (Å²) in [6, 6.07) is -1.48. The van der Waals surface area contributed by atoms with Crippen LogP contribution in [0.25, 0.3) is 0 Å². The van der Waals surface area contributed by atoms with Gasteiger partial charge in [-0.25, -0.2) is 0 Å². The molecule has 0 radical (unpaired) electrons. The third-order valence-corrected chi connectivity index (χ3v) is 2.51. The van der Waals surface area contributed by atoms with Crippen LogP contribution >= 0.6 is 0 Å². The van der Waals surface area contributed by atoms with Gasteiger partial charge >= 0.3 is 11.9 Å². The number of hydrogen-bond acceptors (Lipinski definition) is 5. The Morgan fingerprint density at radius 2 is 2.06 bits per heavy atom. The monoisotopic (exact) mass is 258 g/mol. The molecule has 1 aliphatic carbocycles. The number of nitrogens with two attached hydrogens (primary N) is 1. The highest BCUT2D eigenvalue weighted by molar-refractivity contribution is 5.86. The fourth-order valence-corrected chi connectivity index (χ4v) is 1.32. The SMILES string of the molecule is C[C@@H](COC(=O)C1CC1)NC(=O)[C@H](N)CC(=O)O. The van der Waals surface area contributed by atoms with Crippen LogP contribution in [0.4, 0.5) is 0 Å². The van der Waals surface area contributed by atoms with Crippen LogP contribution in [0, 0.1) is 5.92 Å². The molecule has 0 bridgehead atoms. The van der Waals surface area contributed by atoms with Crippen LogP contribution < -0.4 is 11.1 Å². The van der Waals surface area contributed by atoms with Crippen molar-refractivity contribution in [1.29, 1.82) is 0 Å². The maximum Gasteiger partial charge on any atom is 0.309 e. The zero-order chi connectivity index (χ0) is 13.7. The lowest BCUT2D eigenvalue weighted by Gasteiger charge is -2.16. The van der Waals surface area contributed by atoms with E-state index in [1.807, 2.05) is 0 Å². The normalized spacial score (nSPS) is 17.7. The molecule has 0 heterocycles. The molecular formula is C11H18N2O5. The Morgan fingerprint density at radius 1 is 1.44 bits per heavy atom. The molecule has 1 amide bonds. The molecule has 1 saturated carbocycles. The second-order valence-electron chi connectivity index (χ2n) is 4.52. The summed E-state index contributed by atoms with van der Waals surface area (Å²) < 4.78 is 4.98. The summed E-state index contributed by atoms with van der Waals surface area (Å²) in [7, 11) is 0. The molecule has 1 aliphatic rings. The lowest BCUT2D eigenvalue weighted by atomic mass is 10.2. The number of esters is 1. The van der Waals surface area contributed by atoms with Gasteiger partial charge in [-0.05, 0) is 19.8 Å². The van der Waals surface area contributed by atoms with Gasteiger partial charge in [0.2, 0.25) is 5.91 Å². The summed E-state index contributed by atoms with van der Waals surface area (Å²) in [6.45, 7) is 1.73. The van der Waals surface area contributed by atoms with Crippen LogP contribution in [-0.2, 0) is 19.1 Å². The van der Waals surface area contributed by atoms with Gasteiger partial charge < -0.3 is 20.9 Å². The van der Waals surface area contributed by atoms with Crippen molar-refractivity contribution < 1.29 is 24.2 Å². The first kappa shape index (κ1) is 14.4. The van der Waals surface area contributed by atoms with Crippen molar-refractivity contribution >= 4 is 17.8 Å². The maximum absolute atomic E-state index is 11.4. The second-order valence-corrected chi connectivity index (χ2v) is 4.52. The van der Waals surface area contributed by atoms with Crippen molar-refractivity contribution in [2.45, 2.75) is 38.3 Å². The summed E-state index contributed by atoms with van der Waals surface area (Å²) in [5.41, 5.74) is 5.38. The lowest BCUT2D eigenvalue weighted by molar-refractivity contribution is -0.146. The smallest absolute Gasteiger partial charge is 0.309 e. The van der Waals surface area contributed by atoms with E-state index in [2.05, 4.69) is 5.32 Å². The molecule has 0 saturated heterocycles. The highest BCUT2D eigenvalue weighted by Gasteiger charge is 2.31. The molecule has 0 unspecified atom stereocenters. The molecule has 4 N–H and O–H groups in total. The number of hydrogen-bond donors (Lipinski definition) is 3. The van der Waals surface area contributed by atoms with E-state index in [9.17, 15) is 14.4 Å². The minimum Gasteiger partial charge on any atom is -0.481 e. The van der Waals surface area contributed by atoms with Crippen molar-refractivity contribution in [3.05, 3.63) is 0 Å². The van der Waals surface area contributed by atoms with Crippen molar-refractivity contribution in [1.82, 2.24) is 5.32 Å². The summed E-state index contributed by atoms with van der Waals surface area (Å²) in [5.74, 6) is -1.93. The first-order valence-corrected chi connectivity index (χ1v) is 5.84. The molecule has 7 heteroatoms. The molecule has 18 heavy (non-hydrogen) atoms. The summed E-state index contributed by atoms with van der Waals surface area (Å²) >= 11 is 0. The fourth-order valence-electron chi connectivity index (χ4n) is 1.32. The molecule has 0 spiro atoms. The van der Waals surface area contributed by atoms with Gasteiger partial charge in [-0.1, -0.05) is 0 Å². The molecule has 0 aromatic carbocycles. The molecule has 1 rings (SSSR count). The van der Waals surface area contributed by atoms with Crippen LogP contribution in [0.3, 0.4) is 0 Å². The molecule has 2 atom stereocenters.